The predicted molar refractivity (Wildman–Crippen MR) is 73.4 cm³/mol. The molecule has 1 aliphatic rings. The van der Waals surface area contributed by atoms with Crippen molar-refractivity contribution in [2.45, 2.75) is 39.3 Å². The Hall–Kier alpha value is -1.61. The van der Waals surface area contributed by atoms with Crippen LogP contribution < -0.4 is 5.73 Å². The number of fused-ring (bicyclic) bond motifs is 1. The first-order valence-electron chi connectivity index (χ1n) is 6.53. The molecule has 0 fully saturated rings. The molecule has 18 heavy (non-hydrogen) atoms. The molecule has 0 aliphatic carbocycles. The van der Waals surface area contributed by atoms with Gasteiger partial charge in [-0.25, -0.2) is 4.98 Å². The second-order valence-electron chi connectivity index (χ2n) is 5.23. The van der Waals surface area contributed by atoms with Crippen LogP contribution in [0.4, 0.5) is 0 Å². The molecule has 1 aliphatic heterocycles. The van der Waals surface area contributed by atoms with Gasteiger partial charge in [-0.1, -0.05) is 18.2 Å². The van der Waals surface area contributed by atoms with Crippen LogP contribution in [0.2, 0.25) is 0 Å². The normalized spacial score (nSPS) is 18.7. The van der Waals surface area contributed by atoms with Gasteiger partial charge >= 0.3 is 0 Å². The fourth-order valence-electron chi connectivity index (χ4n) is 2.70. The summed E-state index contributed by atoms with van der Waals surface area (Å²) < 4.78 is 2.25. The van der Waals surface area contributed by atoms with E-state index in [1.54, 1.807) is 0 Å². The molecule has 0 radical (unpaired) electrons. The Morgan fingerprint density at radius 3 is 3.00 bits per heavy atom. The molecule has 1 aromatic heterocycles. The summed E-state index contributed by atoms with van der Waals surface area (Å²) in [7, 11) is 0. The van der Waals surface area contributed by atoms with Crippen molar-refractivity contribution in [3.8, 4) is 11.3 Å². The van der Waals surface area contributed by atoms with Crippen LogP contribution in [0.3, 0.4) is 0 Å². The molecule has 3 heteroatoms. The molecule has 1 unspecified atom stereocenters. The van der Waals surface area contributed by atoms with Gasteiger partial charge in [0.1, 0.15) is 0 Å². The number of benzene rings is 1. The van der Waals surface area contributed by atoms with E-state index in [4.69, 9.17) is 5.73 Å². The molecule has 0 bridgehead atoms. The van der Waals surface area contributed by atoms with Gasteiger partial charge in [-0.15, -0.1) is 0 Å². The highest BCUT2D eigenvalue weighted by Crippen LogP contribution is 2.29. The van der Waals surface area contributed by atoms with E-state index in [9.17, 15) is 0 Å². The maximum atomic E-state index is 6.08. The first kappa shape index (κ1) is 11.5. The zero-order valence-corrected chi connectivity index (χ0v) is 11.0. The third kappa shape index (κ3) is 1.75. The third-order valence-electron chi connectivity index (χ3n) is 4.00. The Labute approximate surface area is 108 Å². The largest absolute Gasteiger partial charge is 0.334 e. The van der Waals surface area contributed by atoms with Gasteiger partial charge in [0.2, 0.25) is 0 Å². The second-order valence-corrected chi connectivity index (χ2v) is 5.23. The Morgan fingerprint density at radius 2 is 2.17 bits per heavy atom. The molecule has 2 N–H and O–H groups in total. The van der Waals surface area contributed by atoms with E-state index in [2.05, 4.69) is 41.6 Å². The third-order valence-corrected chi connectivity index (χ3v) is 4.00. The zero-order chi connectivity index (χ0) is 12.7. The number of hydrogen-bond acceptors (Lipinski definition) is 2. The fraction of sp³-hybridized carbons (Fsp3) is 0.400. The molecule has 0 saturated heterocycles. The number of nitrogens with zero attached hydrogens (tertiary/aromatic N) is 2. The van der Waals surface area contributed by atoms with E-state index < -0.39 is 0 Å². The fourth-order valence-corrected chi connectivity index (χ4v) is 2.70. The lowest BCUT2D eigenvalue weighted by atomic mass is 9.96. The van der Waals surface area contributed by atoms with Crippen molar-refractivity contribution in [3.05, 3.63) is 41.3 Å². The summed E-state index contributed by atoms with van der Waals surface area (Å²) in [6.07, 6.45) is 3.94. The summed E-state index contributed by atoms with van der Waals surface area (Å²) in [5.74, 6) is 0. The molecule has 2 heterocycles. The molecule has 3 nitrogen and oxygen atoms in total. The van der Waals surface area contributed by atoms with Gasteiger partial charge in [-0.2, -0.15) is 0 Å². The highest BCUT2D eigenvalue weighted by molar-refractivity contribution is 5.67. The van der Waals surface area contributed by atoms with Crippen molar-refractivity contribution in [3.63, 3.8) is 0 Å². The van der Waals surface area contributed by atoms with Crippen molar-refractivity contribution in [1.82, 2.24) is 9.55 Å². The van der Waals surface area contributed by atoms with Gasteiger partial charge in [0.05, 0.1) is 12.0 Å². The van der Waals surface area contributed by atoms with E-state index in [-0.39, 0.29) is 6.04 Å². The summed E-state index contributed by atoms with van der Waals surface area (Å²) in [5, 5.41) is 0. The van der Waals surface area contributed by atoms with E-state index >= 15 is 0 Å². The molecule has 1 atom stereocenters. The number of hydrogen-bond donors (Lipinski definition) is 1. The molecule has 0 saturated carbocycles. The molecular formula is C15H19N3. The summed E-state index contributed by atoms with van der Waals surface area (Å²) in [5.41, 5.74) is 12.4. The standard InChI is InChI=1S/C15H19N3/c1-10-4-3-5-13(11(10)2)15-14-8-12(16)6-7-18(14)9-17-15/h3-5,9,12H,6-8,16H2,1-2H3. The van der Waals surface area contributed by atoms with Crippen LogP contribution in [0, 0.1) is 13.8 Å². The zero-order valence-electron chi connectivity index (χ0n) is 11.0. The van der Waals surface area contributed by atoms with Gasteiger partial charge in [-0.05, 0) is 31.4 Å². The van der Waals surface area contributed by atoms with Crippen LogP contribution in [0.15, 0.2) is 24.5 Å². The lowest BCUT2D eigenvalue weighted by Gasteiger charge is -2.21. The quantitative estimate of drug-likeness (QED) is 0.833. The topological polar surface area (TPSA) is 43.8 Å². The molecule has 2 aromatic rings. The molecule has 0 spiro atoms. The van der Waals surface area contributed by atoms with E-state index in [0.717, 1.165) is 25.1 Å². The average molecular weight is 241 g/mol. The highest BCUT2D eigenvalue weighted by Gasteiger charge is 2.21. The Balaban J connectivity index is 2.13. The van der Waals surface area contributed by atoms with Gasteiger partial charge in [0.25, 0.3) is 0 Å². The average Bonchev–Trinajstić information content (AvgIpc) is 2.75. The molecular weight excluding hydrogens is 222 g/mol. The van der Waals surface area contributed by atoms with Crippen LogP contribution in [0.1, 0.15) is 23.2 Å². The van der Waals surface area contributed by atoms with Crippen LogP contribution in [-0.2, 0) is 13.0 Å². The van der Waals surface area contributed by atoms with Crippen molar-refractivity contribution < 1.29 is 0 Å². The minimum absolute atomic E-state index is 0.276. The lowest BCUT2D eigenvalue weighted by molar-refractivity contribution is 0.472. The van der Waals surface area contributed by atoms with Crippen LogP contribution in [0.25, 0.3) is 11.3 Å². The molecule has 0 amide bonds. The van der Waals surface area contributed by atoms with E-state index in [1.807, 2.05) is 6.33 Å². The smallest absolute Gasteiger partial charge is 0.0956 e. The highest BCUT2D eigenvalue weighted by atomic mass is 15.1. The first-order chi connectivity index (χ1) is 8.66. The van der Waals surface area contributed by atoms with E-state index in [0.29, 0.717) is 0 Å². The van der Waals surface area contributed by atoms with Gasteiger partial charge in [0, 0.05) is 30.3 Å². The molecule has 94 valence electrons. The monoisotopic (exact) mass is 241 g/mol. The first-order valence-corrected chi connectivity index (χ1v) is 6.53. The van der Waals surface area contributed by atoms with Crippen molar-refractivity contribution in [1.29, 1.82) is 0 Å². The van der Waals surface area contributed by atoms with Crippen molar-refractivity contribution in [2.24, 2.45) is 5.73 Å². The Morgan fingerprint density at radius 1 is 1.33 bits per heavy atom. The SMILES string of the molecule is Cc1cccc(-c2ncn3c2CC(N)CC3)c1C. The maximum absolute atomic E-state index is 6.08. The molecule has 1 aromatic carbocycles. The van der Waals surface area contributed by atoms with Crippen LogP contribution in [0.5, 0.6) is 0 Å². The Bertz CT molecular complexity index is 583. The minimum Gasteiger partial charge on any atom is -0.334 e. The van der Waals surface area contributed by atoms with Crippen LogP contribution >= 0.6 is 0 Å². The van der Waals surface area contributed by atoms with Crippen molar-refractivity contribution in [2.75, 3.05) is 0 Å². The van der Waals surface area contributed by atoms with Gasteiger partial charge < -0.3 is 10.3 Å². The Kier molecular flexibility index (Phi) is 2.71. The number of imidazole rings is 1. The number of nitrogens with two attached hydrogens (primary N) is 1. The molecule has 3 rings (SSSR count). The lowest BCUT2D eigenvalue weighted by Crippen LogP contribution is -2.30. The second kappa shape index (κ2) is 4.25. The number of aromatic nitrogens is 2. The summed E-state index contributed by atoms with van der Waals surface area (Å²) in [6.45, 7) is 5.31. The van der Waals surface area contributed by atoms with E-state index in [1.165, 1.54) is 22.4 Å². The summed E-state index contributed by atoms with van der Waals surface area (Å²) in [4.78, 5) is 4.61. The van der Waals surface area contributed by atoms with Crippen molar-refractivity contribution >= 4 is 0 Å². The summed E-state index contributed by atoms with van der Waals surface area (Å²) >= 11 is 0. The minimum atomic E-state index is 0.276. The maximum Gasteiger partial charge on any atom is 0.0956 e. The van der Waals surface area contributed by atoms with Gasteiger partial charge in [0.15, 0.2) is 0 Å². The predicted octanol–water partition coefficient (Wildman–Crippen LogP) is 2.44. The number of rotatable bonds is 1. The number of aryl methyl sites for hydroxylation is 2. The summed E-state index contributed by atoms with van der Waals surface area (Å²) in [6, 6.07) is 6.68. The van der Waals surface area contributed by atoms with Gasteiger partial charge in [-0.3, -0.25) is 0 Å². The van der Waals surface area contributed by atoms with Crippen LogP contribution in [-0.4, -0.2) is 15.6 Å².